The molecule has 0 spiro atoms. The van der Waals surface area contributed by atoms with Crippen molar-refractivity contribution in [3.05, 3.63) is 54.1 Å². The van der Waals surface area contributed by atoms with Gasteiger partial charge in [-0.3, -0.25) is 0 Å². The van der Waals surface area contributed by atoms with Crippen LogP contribution in [0.2, 0.25) is 0 Å². The average molecular weight is 340 g/mol. The molecular formula is C19H21BO5. The molecule has 2 heterocycles. The molecule has 2 fully saturated rings. The highest BCUT2D eigenvalue weighted by Gasteiger charge is 2.41. The van der Waals surface area contributed by atoms with Gasteiger partial charge in [-0.25, -0.2) is 0 Å². The Morgan fingerprint density at radius 3 is 2.48 bits per heavy atom. The molecule has 2 aliphatic heterocycles. The van der Waals surface area contributed by atoms with Crippen LogP contribution in [0.1, 0.15) is 24.5 Å². The van der Waals surface area contributed by atoms with Crippen LogP contribution in [0.5, 0.6) is 11.5 Å². The van der Waals surface area contributed by atoms with Gasteiger partial charge in [0, 0.05) is 0 Å². The van der Waals surface area contributed by atoms with Gasteiger partial charge in [-0.15, -0.1) is 0 Å². The summed E-state index contributed by atoms with van der Waals surface area (Å²) in [7, 11) is 1.29. The second-order valence-electron chi connectivity index (χ2n) is 6.45. The number of rotatable bonds is 3. The van der Waals surface area contributed by atoms with E-state index in [2.05, 4.69) is 0 Å². The minimum absolute atomic E-state index is 0.0200. The van der Waals surface area contributed by atoms with Crippen molar-refractivity contribution in [1.29, 1.82) is 0 Å². The number of hydrogen-bond donors (Lipinski definition) is 1. The fourth-order valence-corrected chi connectivity index (χ4v) is 3.42. The van der Waals surface area contributed by atoms with Crippen molar-refractivity contribution in [1.82, 2.24) is 0 Å². The van der Waals surface area contributed by atoms with Gasteiger partial charge in [-0.1, -0.05) is 24.3 Å². The third-order valence-corrected chi connectivity index (χ3v) is 4.83. The zero-order valence-corrected chi connectivity index (χ0v) is 14.1. The van der Waals surface area contributed by atoms with Crippen molar-refractivity contribution in [2.45, 2.75) is 31.2 Å². The molecule has 0 saturated carbocycles. The monoisotopic (exact) mass is 340 g/mol. The highest BCUT2D eigenvalue weighted by molar-refractivity contribution is 6.61. The minimum atomic E-state index is -0.360. The highest BCUT2D eigenvalue weighted by atomic mass is 16.6. The molecule has 0 unspecified atom stereocenters. The van der Waals surface area contributed by atoms with Gasteiger partial charge >= 0.3 is 7.12 Å². The standard InChI is InChI=1S/C19H21BO5/c1-22-16-8-4-14(5-9-16)20-23-12-19-18(25-20)11-10-17(24-19)13-2-6-15(21)7-3-13/h2-9,17-19,21H,10-12H2,1H3/t17-,18+,19-/m1/s1. The Kier molecular flexibility index (Phi) is 4.66. The number of fused-ring (bicyclic) bond motifs is 1. The third-order valence-electron chi connectivity index (χ3n) is 4.83. The molecule has 0 radical (unpaired) electrons. The van der Waals surface area contributed by atoms with E-state index in [0.717, 1.165) is 29.6 Å². The van der Waals surface area contributed by atoms with Gasteiger partial charge < -0.3 is 23.9 Å². The number of methoxy groups -OCH3 is 1. The molecule has 2 saturated heterocycles. The molecule has 0 aliphatic carbocycles. The van der Waals surface area contributed by atoms with Gasteiger partial charge in [-0.05, 0) is 48.1 Å². The third kappa shape index (κ3) is 3.51. The van der Waals surface area contributed by atoms with E-state index in [1.54, 1.807) is 19.2 Å². The Balaban J connectivity index is 1.40. The van der Waals surface area contributed by atoms with Crippen molar-refractivity contribution in [2.75, 3.05) is 13.7 Å². The van der Waals surface area contributed by atoms with Crippen LogP contribution in [0.15, 0.2) is 48.5 Å². The molecule has 3 atom stereocenters. The fourth-order valence-electron chi connectivity index (χ4n) is 3.42. The van der Waals surface area contributed by atoms with E-state index in [0.29, 0.717) is 6.61 Å². The SMILES string of the molecule is COc1ccc(B2OC[C@H]3O[C@@H](c4ccc(O)cc4)CC[C@@H]3O2)cc1. The summed E-state index contributed by atoms with van der Waals surface area (Å²) in [6.07, 6.45) is 1.80. The van der Waals surface area contributed by atoms with Gasteiger partial charge in [0.2, 0.25) is 0 Å². The molecule has 130 valence electrons. The number of aromatic hydroxyl groups is 1. The summed E-state index contributed by atoms with van der Waals surface area (Å²) in [5.74, 6) is 1.08. The highest BCUT2D eigenvalue weighted by Crippen LogP contribution is 2.35. The first-order valence-electron chi connectivity index (χ1n) is 8.58. The van der Waals surface area contributed by atoms with Gasteiger partial charge in [0.05, 0.1) is 25.9 Å². The van der Waals surface area contributed by atoms with Crippen LogP contribution in [0.4, 0.5) is 0 Å². The van der Waals surface area contributed by atoms with Gasteiger partial charge in [0.15, 0.2) is 0 Å². The van der Waals surface area contributed by atoms with E-state index in [4.69, 9.17) is 18.8 Å². The lowest BCUT2D eigenvalue weighted by atomic mass is 9.76. The Bertz CT molecular complexity index is 703. The van der Waals surface area contributed by atoms with Crippen molar-refractivity contribution >= 4 is 12.6 Å². The Labute approximate surface area is 147 Å². The van der Waals surface area contributed by atoms with Crippen LogP contribution in [-0.4, -0.2) is 38.1 Å². The molecule has 0 amide bonds. The molecule has 25 heavy (non-hydrogen) atoms. The van der Waals surface area contributed by atoms with E-state index in [-0.39, 0.29) is 31.2 Å². The van der Waals surface area contributed by atoms with Gasteiger partial charge in [0.25, 0.3) is 0 Å². The normalized spacial score (nSPS) is 26.1. The minimum Gasteiger partial charge on any atom is -0.508 e. The first-order valence-corrected chi connectivity index (χ1v) is 8.58. The molecule has 1 N–H and O–H groups in total. The maximum atomic E-state index is 9.42. The second-order valence-corrected chi connectivity index (χ2v) is 6.45. The van der Waals surface area contributed by atoms with Crippen LogP contribution < -0.4 is 10.2 Å². The summed E-state index contributed by atoms with van der Waals surface area (Å²) in [5.41, 5.74) is 2.06. The molecular weight excluding hydrogens is 319 g/mol. The van der Waals surface area contributed by atoms with Crippen molar-refractivity contribution in [3.63, 3.8) is 0 Å². The lowest BCUT2D eigenvalue weighted by Crippen LogP contribution is -2.54. The van der Waals surface area contributed by atoms with Gasteiger partial charge in [-0.2, -0.15) is 0 Å². The molecule has 2 aliphatic rings. The summed E-state index contributed by atoms with van der Waals surface area (Å²) in [4.78, 5) is 0. The summed E-state index contributed by atoms with van der Waals surface area (Å²) >= 11 is 0. The lowest BCUT2D eigenvalue weighted by molar-refractivity contribution is -0.150. The lowest BCUT2D eigenvalue weighted by Gasteiger charge is -2.41. The van der Waals surface area contributed by atoms with Crippen LogP contribution in [0, 0.1) is 0 Å². The molecule has 0 aromatic heterocycles. The zero-order valence-electron chi connectivity index (χ0n) is 14.1. The topological polar surface area (TPSA) is 57.2 Å². The number of ether oxygens (including phenoxy) is 2. The van der Waals surface area contributed by atoms with E-state index in [1.807, 2.05) is 36.4 Å². The molecule has 4 rings (SSSR count). The smallest absolute Gasteiger partial charge is 0.494 e. The Morgan fingerprint density at radius 2 is 1.76 bits per heavy atom. The molecule has 0 bridgehead atoms. The summed E-state index contributed by atoms with van der Waals surface area (Å²) in [6, 6.07) is 14.9. The fraction of sp³-hybridized carbons (Fsp3) is 0.368. The number of hydrogen-bond acceptors (Lipinski definition) is 5. The van der Waals surface area contributed by atoms with Crippen molar-refractivity contribution in [2.24, 2.45) is 0 Å². The second kappa shape index (κ2) is 7.08. The Morgan fingerprint density at radius 1 is 1.00 bits per heavy atom. The van der Waals surface area contributed by atoms with Crippen LogP contribution in [0.25, 0.3) is 0 Å². The largest absolute Gasteiger partial charge is 0.508 e. The summed E-state index contributed by atoms with van der Waals surface area (Å²) in [6.45, 7) is 0.510. The maximum Gasteiger partial charge on any atom is 0.494 e. The first kappa shape index (κ1) is 16.5. The van der Waals surface area contributed by atoms with Gasteiger partial charge in [0.1, 0.15) is 17.6 Å². The van der Waals surface area contributed by atoms with Crippen molar-refractivity contribution < 1.29 is 23.9 Å². The number of benzene rings is 2. The van der Waals surface area contributed by atoms with E-state index in [1.165, 1.54) is 0 Å². The van der Waals surface area contributed by atoms with Crippen molar-refractivity contribution in [3.8, 4) is 11.5 Å². The van der Waals surface area contributed by atoms with Crippen LogP contribution in [0.3, 0.4) is 0 Å². The average Bonchev–Trinajstić information content (AvgIpc) is 2.68. The molecule has 6 heteroatoms. The number of phenols is 1. The summed E-state index contributed by atoms with van der Waals surface area (Å²) in [5, 5.41) is 9.42. The zero-order chi connectivity index (χ0) is 17.2. The molecule has 5 nitrogen and oxygen atoms in total. The van der Waals surface area contributed by atoms with E-state index in [9.17, 15) is 5.11 Å². The predicted molar refractivity (Wildman–Crippen MR) is 94.2 cm³/mol. The van der Waals surface area contributed by atoms with E-state index < -0.39 is 0 Å². The predicted octanol–water partition coefficient (Wildman–Crippen LogP) is 2.43. The molecule has 2 aromatic carbocycles. The Hall–Kier alpha value is -2.02. The first-order chi connectivity index (χ1) is 12.2. The van der Waals surface area contributed by atoms with E-state index >= 15 is 0 Å². The quantitative estimate of drug-likeness (QED) is 0.870. The molecule has 2 aromatic rings. The van der Waals surface area contributed by atoms with Crippen LogP contribution in [-0.2, 0) is 14.0 Å². The van der Waals surface area contributed by atoms with Crippen LogP contribution >= 0.6 is 0 Å². The number of phenolic OH excluding ortho intramolecular Hbond substituents is 1. The summed E-state index contributed by atoms with van der Waals surface area (Å²) < 4.78 is 23.4. The maximum absolute atomic E-state index is 9.42.